The Hall–Kier alpha value is -2.40. The van der Waals surface area contributed by atoms with Crippen LogP contribution >= 0.6 is 23.1 Å². The second kappa shape index (κ2) is 8.38. The van der Waals surface area contributed by atoms with Gasteiger partial charge in [0.15, 0.2) is 5.82 Å². The Morgan fingerprint density at radius 2 is 1.93 bits per heavy atom. The van der Waals surface area contributed by atoms with Crippen molar-refractivity contribution in [3.05, 3.63) is 40.8 Å². The Bertz CT molecular complexity index is 1170. The molecule has 0 bridgehead atoms. The number of aromatic amines is 1. The number of H-pyrrole nitrogens is 1. The van der Waals surface area contributed by atoms with Gasteiger partial charge in [0.1, 0.15) is 15.7 Å². The molecule has 1 saturated heterocycles. The van der Waals surface area contributed by atoms with E-state index in [4.69, 9.17) is 14.7 Å². The highest BCUT2D eigenvalue weighted by Gasteiger charge is 2.19. The summed E-state index contributed by atoms with van der Waals surface area (Å²) in [5.74, 6) is 1.55. The fourth-order valence-electron chi connectivity index (χ4n) is 3.38. The number of rotatable bonds is 5. The average molecular weight is 440 g/mol. The third-order valence-electron chi connectivity index (χ3n) is 5.12. The molecule has 1 aliphatic rings. The third kappa shape index (κ3) is 3.95. The summed E-state index contributed by atoms with van der Waals surface area (Å²) in [5, 5.41) is 10.1. The van der Waals surface area contributed by atoms with Crippen molar-refractivity contribution in [3.63, 3.8) is 0 Å². The number of nitrogens with one attached hydrogen (secondary N) is 1. The summed E-state index contributed by atoms with van der Waals surface area (Å²) in [5.41, 5.74) is 2.17. The van der Waals surface area contributed by atoms with E-state index in [1.54, 1.807) is 23.7 Å². The maximum Gasteiger partial charge on any atom is 0.215 e. The van der Waals surface area contributed by atoms with E-state index < -0.39 is 0 Å². The van der Waals surface area contributed by atoms with E-state index in [1.165, 1.54) is 22.2 Å². The molecule has 4 aromatic heterocycles. The van der Waals surface area contributed by atoms with Crippen LogP contribution in [0.4, 0.5) is 0 Å². The third-order valence-corrected chi connectivity index (χ3v) is 7.07. The molecule has 1 fully saturated rings. The average Bonchev–Trinajstić information content (AvgIpc) is 3.34. The van der Waals surface area contributed by atoms with Gasteiger partial charge in [-0.1, -0.05) is 0 Å². The monoisotopic (exact) mass is 439 g/mol. The van der Waals surface area contributed by atoms with Gasteiger partial charge in [-0.3, -0.25) is 15.0 Å². The number of hydrogen-bond acceptors (Lipinski definition) is 9. The molecule has 1 aliphatic heterocycles. The standard InChI is InChI=1S/C20H21N7OS2/c1-12-13(2)29-18-16(12)19(23-15(22-18)11-27-7-9-28-10-8-27)30-20-24-17(25-26-20)14-3-5-21-6-4-14/h3-6H,7-11H2,1-2H3,(H,24,25,26). The number of nitrogens with zero attached hydrogens (tertiary/aromatic N) is 6. The van der Waals surface area contributed by atoms with E-state index in [9.17, 15) is 0 Å². The number of aromatic nitrogens is 6. The number of hydrogen-bond donors (Lipinski definition) is 1. The molecule has 0 amide bonds. The summed E-state index contributed by atoms with van der Waals surface area (Å²) in [4.78, 5) is 23.1. The van der Waals surface area contributed by atoms with Gasteiger partial charge in [-0.15, -0.1) is 16.4 Å². The van der Waals surface area contributed by atoms with Crippen LogP contribution in [0.3, 0.4) is 0 Å². The first kappa shape index (κ1) is 19.6. The minimum atomic E-state index is 0.641. The summed E-state index contributed by atoms with van der Waals surface area (Å²) in [6, 6.07) is 3.81. The first-order chi connectivity index (χ1) is 14.7. The number of fused-ring (bicyclic) bond motifs is 1. The van der Waals surface area contributed by atoms with Crippen molar-refractivity contribution < 1.29 is 4.74 Å². The fourth-order valence-corrected chi connectivity index (χ4v) is 5.39. The van der Waals surface area contributed by atoms with E-state index in [0.29, 0.717) is 5.16 Å². The highest BCUT2D eigenvalue weighted by Crippen LogP contribution is 2.37. The van der Waals surface area contributed by atoms with Crippen LogP contribution in [-0.2, 0) is 11.3 Å². The van der Waals surface area contributed by atoms with E-state index in [0.717, 1.165) is 65.3 Å². The first-order valence-electron chi connectivity index (χ1n) is 9.75. The van der Waals surface area contributed by atoms with E-state index in [1.807, 2.05) is 12.1 Å². The molecule has 30 heavy (non-hydrogen) atoms. The normalized spacial score (nSPS) is 15.1. The maximum absolute atomic E-state index is 5.46. The Balaban J connectivity index is 1.48. The Kier molecular flexibility index (Phi) is 5.47. The number of morpholine rings is 1. The molecule has 0 unspecified atom stereocenters. The molecule has 0 spiro atoms. The van der Waals surface area contributed by atoms with Crippen molar-refractivity contribution in [1.82, 2.24) is 35.0 Å². The Morgan fingerprint density at radius 3 is 2.73 bits per heavy atom. The van der Waals surface area contributed by atoms with Gasteiger partial charge >= 0.3 is 0 Å². The minimum absolute atomic E-state index is 0.641. The summed E-state index contributed by atoms with van der Waals surface area (Å²) < 4.78 is 5.46. The molecule has 1 N–H and O–H groups in total. The number of ether oxygens (including phenoxy) is 1. The van der Waals surface area contributed by atoms with Crippen LogP contribution in [0.15, 0.2) is 34.7 Å². The first-order valence-corrected chi connectivity index (χ1v) is 11.4. The molecule has 0 atom stereocenters. The Labute approximate surface area is 182 Å². The van der Waals surface area contributed by atoms with E-state index in [-0.39, 0.29) is 0 Å². The van der Waals surface area contributed by atoms with Crippen LogP contribution in [-0.4, -0.2) is 61.3 Å². The molecule has 0 radical (unpaired) electrons. The molecule has 10 heteroatoms. The number of pyridine rings is 1. The van der Waals surface area contributed by atoms with Gasteiger partial charge in [0.05, 0.1) is 19.8 Å². The van der Waals surface area contributed by atoms with Gasteiger partial charge in [0, 0.05) is 41.3 Å². The molecule has 4 aromatic rings. The lowest BCUT2D eigenvalue weighted by molar-refractivity contribution is 0.0330. The quantitative estimate of drug-likeness (QED) is 0.473. The highest BCUT2D eigenvalue weighted by atomic mass is 32.2. The Morgan fingerprint density at radius 1 is 1.13 bits per heavy atom. The van der Waals surface area contributed by atoms with Crippen molar-refractivity contribution >= 4 is 33.3 Å². The molecule has 154 valence electrons. The zero-order valence-corrected chi connectivity index (χ0v) is 18.4. The van der Waals surface area contributed by atoms with Crippen LogP contribution in [0.2, 0.25) is 0 Å². The smallest absolute Gasteiger partial charge is 0.215 e. The van der Waals surface area contributed by atoms with Crippen molar-refractivity contribution in [1.29, 1.82) is 0 Å². The lowest BCUT2D eigenvalue weighted by Gasteiger charge is -2.25. The molecule has 0 saturated carbocycles. The predicted octanol–water partition coefficient (Wildman–Crippen LogP) is 3.47. The van der Waals surface area contributed by atoms with Crippen LogP contribution in [0.1, 0.15) is 16.3 Å². The summed E-state index contributed by atoms with van der Waals surface area (Å²) >= 11 is 3.20. The van der Waals surface area contributed by atoms with Gasteiger partial charge in [0.25, 0.3) is 0 Å². The van der Waals surface area contributed by atoms with Crippen LogP contribution in [0.5, 0.6) is 0 Å². The van der Waals surface area contributed by atoms with Crippen molar-refractivity contribution in [3.8, 4) is 11.4 Å². The minimum Gasteiger partial charge on any atom is -0.379 e. The molecule has 5 rings (SSSR count). The second-order valence-electron chi connectivity index (χ2n) is 7.10. The van der Waals surface area contributed by atoms with E-state index >= 15 is 0 Å². The van der Waals surface area contributed by atoms with Crippen molar-refractivity contribution in [2.45, 2.75) is 30.6 Å². The summed E-state index contributed by atoms with van der Waals surface area (Å²) in [6.07, 6.45) is 3.49. The van der Waals surface area contributed by atoms with Crippen LogP contribution in [0, 0.1) is 13.8 Å². The number of thiophene rings is 1. The maximum atomic E-state index is 5.46. The van der Waals surface area contributed by atoms with Gasteiger partial charge in [-0.25, -0.2) is 15.0 Å². The molecular formula is C20H21N7OS2. The highest BCUT2D eigenvalue weighted by molar-refractivity contribution is 7.99. The molecule has 5 heterocycles. The van der Waals surface area contributed by atoms with Crippen molar-refractivity contribution in [2.75, 3.05) is 26.3 Å². The lowest BCUT2D eigenvalue weighted by Crippen LogP contribution is -2.36. The molecular weight excluding hydrogens is 418 g/mol. The SMILES string of the molecule is Cc1sc2nc(CN3CCOCC3)nc(Sc3n[nH]c(-c4ccncc4)n3)c2c1C. The largest absolute Gasteiger partial charge is 0.379 e. The van der Waals surface area contributed by atoms with Gasteiger partial charge in [-0.05, 0) is 43.3 Å². The molecule has 0 aliphatic carbocycles. The zero-order chi connectivity index (χ0) is 20.5. The molecule has 8 nitrogen and oxygen atoms in total. The predicted molar refractivity (Wildman–Crippen MR) is 117 cm³/mol. The fraction of sp³-hybridized carbons (Fsp3) is 0.350. The molecule has 0 aromatic carbocycles. The number of aryl methyl sites for hydroxylation is 2. The topological polar surface area (TPSA) is 92.7 Å². The zero-order valence-electron chi connectivity index (χ0n) is 16.8. The van der Waals surface area contributed by atoms with Gasteiger partial charge in [0.2, 0.25) is 5.16 Å². The van der Waals surface area contributed by atoms with E-state index in [2.05, 4.69) is 38.9 Å². The van der Waals surface area contributed by atoms with Crippen LogP contribution < -0.4 is 0 Å². The summed E-state index contributed by atoms with van der Waals surface area (Å²) in [7, 11) is 0. The lowest BCUT2D eigenvalue weighted by atomic mass is 10.2. The summed E-state index contributed by atoms with van der Waals surface area (Å²) in [6.45, 7) is 8.31. The van der Waals surface area contributed by atoms with Gasteiger partial charge < -0.3 is 4.74 Å². The van der Waals surface area contributed by atoms with Gasteiger partial charge in [-0.2, -0.15) is 0 Å². The second-order valence-corrected chi connectivity index (χ2v) is 9.26. The van der Waals surface area contributed by atoms with Crippen molar-refractivity contribution in [2.24, 2.45) is 0 Å². The van der Waals surface area contributed by atoms with Crippen LogP contribution in [0.25, 0.3) is 21.6 Å².